The molecule has 3 aromatic rings. The van der Waals surface area contributed by atoms with Crippen molar-refractivity contribution in [1.82, 2.24) is 5.32 Å². The highest BCUT2D eigenvalue weighted by atomic mass is 32.2. The summed E-state index contributed by atoms with van der Waals surface area (Å²) >= 11 is 1.87. The third kappa shape index (κ3) is 7.97. The van der Waals surface area contributed by atoms with Crippen molar-refractivity contribution in [2.75, 3.05) is 6.54 Å². The first-order valence-electron chi connectivity index (χ1n) is 13.3. The van der Waals surface area contributed by atoms with Gasteiger partial charge in [0.25, 0.3) is 5.91 Å². The number of hydrogen-bond acceptors (Lipinski definition) is 3. The fraction of sp³-hybridized carbons (Fsp3) is 0.394. The number of carboxylic acids is 1. The molecule has 0 saturated heterocycles. The van der Waals surface area contributed by atoms with E-state index in [9.17, 15) is 9.59 Å². The van der Waals surface area contributed by atoms with E-state index in [1.165, 1.54) is 38.3 Å². The van der Waals surface area contributed by atoms with Gasteiger partial charge in [0.1, 0.15) is 0 Å². The topological polar surface area (TPSA) is 66.4 Å². The summed E-state index contributed by atoms with van der Waals surface area (Å²) in [5, 5.41) is 11.7. The molecule has 0 radical (unpaired) electrons. The summed E-state index contributed by atoms with van der Waals surface area (Å²) in [4.78, 5) is 24.3. The highest BCUT2D eigenvalue weighted by molar-refractivity contribution is 7.99. The van der Waals surface area contributed by atoms with E-state index in [0.29, 0.717) is 11.5 Å². The van der Waals surface area contributed by atoms with Crippen molar-refractivity contribution >= 4 is 23.6 Å². The van der Waals surface area contributed by atoms with Crippen LogP contribution in [-0.2, 0) is 10.2 Å². The number of nitrogens with one attached hydrogen (secondary N) is 1. The van der Waals surface area contributed by atoms with Crippen molar-refractivity contribution in [1.29, 1.82) is 0 Å². The fourth-order valence-electron chi connectivity index (χ4n) is 4.66. The number of carbonyl (C=O) groups excluding carboxylic acids is 1. The van der Waals surface area contributed by atoms with Crippen LogP contribution in [0.3, 0.4) is 0 Å². The van der Waals surface area contributed by atoms with Crippen molar-refractivity contribution in [2.24, 2.45) is 5.92 Å². The van der Waals surface area contributed by atoms with E-state index >= 15 is 0 Å². The molecule has 1 amide bonds. The maximum absolute atomic E-state index is 12.4. The molecule has 38 heavy (non-hydrogen) atoms. The highest BCUT2D eigenvalue weighted by Crippen LogP contribution is 2.42. The fourth-order valence-corrected chi connectivity index (χ4v) is 6.26. The molecule has 2 N–H and O–H groups in total. The number of benzene rings is 3. The van der Waals surface area contributed by atoms with Crippen LogP contribution in [0.2, 0.25) is 0 Å². The molecule has 202 valence electrons. The molecule has 0 fully saturated rings. The number of amides is 1. The highest BCUT2D eigenvalue weighted by Gasteiger charge is 2.19. The van der Waals surface area contributed by atoms with Crippen molar-refractivity contribution < 1.29 is 14.7 Å². The molecule has 1 unspecified atom stereocenters. The minimum absolute atomic E-state index is 0.0865. The van der Waals surface area contributed by atoms with Crippen molar-refractivity contribution in [3.8, 4) is 11.1 Å². The first-order valence-corrected chi connectivity index (χ1v) is 14.2. The van der Waals surface area contributed by atoms with Crippen LogP contribution >= 0.6 is 11.8 Å². The van der Waals surface area contributed by atoms with Gasteiger partial charge in [-0.3, -0.25) is 9.59 Å². The second kappa shape index (κ2) is 12.7. The zero-order chi connectivity index (χ0) is 28.0. The van der Waals surface area contributed by atoms with Crippen LogP contribution in [0, 0.1) is 19.8 Å². The quantitative estimate of drug-likeness (QED) is 0.258. The Kier molecular flexibility index (Phi) is 9.83. The number of rotatable bonds is 10. The third-order valence-corrected chi connectivity index (χ3v) is 7.94. The Balaban J connectivity index is 1.80. The van der Waals surface area contributed by atoms with E-state index in [-0.39, 0.29) is 29.5 Å². The molecule has 1 atom stereocenters. The summed E-state index contributed by atoms with van der Waals surface area (Å²) in [6, 6.07) is 21.3. The summed E-state index contributed by atoms with van der Waals surface area (Å²) in [7, 11) is 0. The molecule has 0 spiro atoms. The van der Waals surface area contributed by atoms with E-state index in [0.717, 1.165) is 6.42 Å². The van der Waals surface area contributed by atoms with Gasteiger partial charge < -0.3 is 10.4 Å². The van der Waals surface area contributed by atoms with E-state index in [1.807, 2.05) is 36.0 Å². The van der Waals surface area contributed by atoms with E-state index in [2.05, 4.69) is 90.2 Å². The molecule has 0 saturated carbocycles. The molecular weight excluding hydrogens is 490 g/mol. The molecule has 4 nitrogen and oxygen atoms in total. The lowest BCUT2D eigenvalue weighted by Gasteiger charge is -2.22. The third-order valence-electron chi connectivity index (χ3n) is 6.68. The SMILES string of the molecule is Cc1cc(SC(CC(C)C)c2ccc(C(=O)NCCC(=O)O)cc2)cc(C)c1-c1ccc(C(C)(C)C)cc1. The lowest BCUT2D eigenvalue weighted by Crippen LogP contribution is -2.25. The summed E-state index contributed by atoms with van der Waals surface area (Å²) in [5.41, 5.74) is 8.29. The summed E-state index contributed by atoms with van der Waals surface area (Å²) in [5.74, 6) is -0.649. The van der Waals surface area contributed by atoms with Crippen LogP contribution in [0.4, 0.5) is 0 Å². The van der Waals surface area contributed by atoms with Gasteiger partial charge in [-0.05, 0) is 89.2 Å². The lowest BCUT2D eigenvalue weighted by molar-refractivity contribution is -0.136. The second-order valence-electron chi connectivity index (χ2n) is 11.5. The van der Waals surface area contributed by atoms with Gasteiger partial charge in [0.05, 0.1) is 6.42 Å². The van der Waals surface area contributed by atoms with Crippen molar-refractivity contribution in [2.45, 2.75) is 76.9 Å². The molecule has 0 aliphatic heterocycles. The smallest absolute Gasteiger partial charge is 0.305 e. The number of aliphatic carboxylic acids is 1. The van der Waals surface area contributed by atoms with Gasteiger partial charge in [-0.1, -0.05) is 71.0 Å². The van der Waals surface area contributed by atoms with Gasteiger partial charge in [0, 0.05) is 22.3 Å². The van der Waals surface area contributed by atoms with E-state index in [1.54, 1.807) is 0 Å². The van der Waals surface area contributed by atoms with Crippen molar-refractivity contribution in [3.05, 3.63) is 88.5 Å². The monoisotopic (exact) mass is 531 g/mol. The van der Waals surface area contributed by atoms with Gasteiger partial charge in [-0.25, -0.2) is 0 Å². The predicted molar refractivity (Wildman–Crippen MR) is 159 cm³/mol. The standard InChI is InChI=1S/C33H41NO3S/c1-21(2)18-29(24-8-10-26(11-9-24)32(37)34-17-16-30(35)36)38-28-19-22(3)31(23(4)20-28)25-12-14-27(15-13-25)33(5,6)7/h8-15,19-21,29H,16-18H2,1-7H3,(H,34,37)(H,35,36). The number of hydrogen-bond donors (Lipinski definition) is 2. The molecule has 0 heterocycles. The van der Waals surface area contributed by atoms with E-state index < -0.39 is 5.97 Å². The van der Waals surface area contributed by atoms with Crippen LogP contribution in [0.15, 0.2) is 65.6 Å². The zero-order valence-electron chi connectivity index (χ0n) is 23.7. The molecule has 3 aromatic carbocycles. The minimum atomic E-state index is -0.925. The Morgan fingerprint density at radius 1 is 0.921 bits per heavy atom. The molecular formula is C33H41NO3S. The molecule has 5 heteroatoms. The molecule has 0 aliphatic rings. The van der Waals surface area contributed by atoms with Crippen LogP contribution in [-0.4, -0.2) is 23.5 Å². The molecule has 3 rings (SSSR count). The maximum Gasteiger partial charge on any atom is 0.305 e. The Hall–Kier alpha value is -3.05. The van der Waals surface area contributed by atoms with Crippen LogP contribution < -0.4 is 5.32 Å². The number of carboxylic acid groups (broad SMARTS) is 1. The molecule has 0 aromatic heterocycles. The maximum atomic E-state index is 12.4. The summed E-state index contributed by atoms with van der Waals surface area (Å²) in [6.07, 6.45) is 0.930. The van der Waals surface area contributed by atoms with Crippen molar-refractivity contribution in [3.63, 3.8) is 0 Å². The van der Waals surface area contributed by atoms with Gasteiger partial charge in [0.2, 0.25) is 0 Å². The summed E-state index contributed by atoms with van der Waals surface area (Å²) in [6.45, 7) is 15.7. The minimum Gasteiger partial charge on any atom is -0.481 e. The Labute approximate surface area is 232 Å². The first kappa shape index (κ1) is 29.5. The number of aryl methyl sites for hydroxylation is 2. The largest absolute Gasteiger partial charge is 0.481 e. The average Bonchev–Trinajstić information content (AvgIpc) is 2.82. The van der Waals surface area contributed by atoms with Crippen LogP contribution in [0.25, 0.3) is 11.1 Å². The number of thioether (sulfide) groups is 1. The lowest BCUT2D eigenvalue weighted by atomic mass is 9.85. The van der Waals surface area contributed by atoms with Gasteiger partial charge in [-0.2, -0.15) is 0 Å². The summed E-state index contributed by atoms with van der Waals surface area (Å²) < 4.78 is 0. The van der Waals surface area contributed by atoms with Crippen LogP contribution in [0.1, 0.15) is 85.3 Å². The first-order chi connectivity index (χ1) is 17.8. The van der Waals surface area contributed by atoms with Gasteiger partial charge in [-0.15, -0.1) is 11.8 Å². The van der Waals surface area contributed by atoms with Gasteiger partial charge in [0.15, 0.2) is 0 Å². The molecule has 0 aliphatic carbocycles. The number of carbonyl (C=O) groups is 2. The average molecular weight is 532 g/mol. The van der Waals surface area contributed by atoms with E-state index in [4.69, 9.17) is 5.11 Å². The molecule has 0 bridgehead atoms. The van der Waals surface area contributed by atoms with Gasteiger partial charge >= 0.3 is 5.97 Å². The Morgan fingerprint density at radius 2 is 1.50 bits per heavy atom. The predicted octanol–water partition coefficient (Wildman–Crippen LogP) is 8.35. The zero-order valence-corrected chi connectivity index (χ0v) is 24.5. The Bertz CT molecular complexity index is 1230. The Morgan fingerprint density at radius 3 is 2.00 bits per heavy atom. The second-order valence-corrected chi connectivity index (χ2v) is 12.8. The normalized spacial score (nSPS) is 12.4. The van der Waals surface area contributed by atoms with Crippen LogP contribution in [0.5, 0.6) is 0 Å².